The molecular weight excluding hydrogens is 296 g/mol. The normalized spacial score (nSPS) is 27.4. The first-order valence-corrected chi connectivity index (χ1v) is 7.86. The van der Waals surface area contributed by atoms with Gasteiger partial charge in [0.25, 0.3) is 0 Å². The summed E-state index contributed by atoms with van der Waals surface area (Å²) in [4.78, 5) is 3.84. The molecule has 4 heteroatoms. The lowest BCUT2D eigenvalue weighted by atomic mass is 9.81. The van der Waals surface area contributed by atoms with Gasteiger partial charge >= 0.3 is 0 Å². The highest BCUT2D eigenvalue weighted by atomic mass is 79.9. The summed E-state index contributed by atoms with van der Waals surface area (Å²) in [6, 6.07) is 5.40. The summed E-state index contributed by atoms with van der Waals surface area (Å²) in [6.45, 7) is 0. The fourth-order valence-corrected chi connectivity index (χ4v) is 4.57. The van der Waals surface area contributed by atoms with E-state index in [0.717, 1.165) is 5.92 Å². The molecule has 1 aromatic heterocycles. The smallest absolute Gasteiger partial charge is 0.0701 e. The highest BCUT2D eigenvalue weighted by Gasteiger charge is 2.29. The van der Waals surface area contributed by atoms with Gasteiger partial charge in [-0.15, -0.1) is 11.3 Å². The van der Waals surface area contributed by atoms with Crippen molar-refractivity contribution in [1.29, 1.82) is 0 Å². The predicted molar refractivity (Wildman–Crippen MR) is 78.4 cm³/mol. The minimum Gasteiger partial charge on any atom is -0.328 e. The van der Waals surface area contributed by atoms with Crippen LogP contribution in [0.1, 0.15) is 36.6 Å². The SMILES string of the molecule is CN(C)C(c1ccc(Br)s1)C1CCC(N)CC1. The van der Waals surface area contributed by atoms with E-state index in [1.165, 1.54) is 34.3 Å². The maximum atomic E-state index is 6.00. The van der Waals surface area contributed by atoms with Gasteiger partial charge in [0.15, 0.2) is 0 Å². The number of nitrogens with zero attached hydrogens (tertiary/aromatic N) is 1. The second kappa shape index (κ2) is 5.83. The molecule has 1 saturated carbocycles. The Morgan fingerprint density at radius 2 is 1.94 bits per heavy atom. The van der Waals surface area contributed by atoms with E-state index in [-0.39, 0.29) is 0 Å². The van der Waals surface area contributed by atoms with Crippen LogP contribution in [-0.2, 0) is 0 Å². The summed E-state index contributed by atoms with van der Waals surface area (Å²) in [6.07, 6.45) is 4.89. The van der Waals surface area contributed by atoms with Crippen molar-refractivity contribution in [3.8, 4) is 0 Å². The number of thiophene rings is 1. The van der Waals surface area contributed by atoms with Gasteiger partial charge in [0.05, 0.1) is 3.79 Å². The summed E-state index contributed by atoms with van der Waals surface area (Å²) < 4.78 is 1.23. The third-order valence-corrected chi connectivity index (χ3v) is 5.40. The minimum absolute atomic E-state index is 0.434. The lowest BCUT2D eigenvalue weighted by molar-refractivity contribution is 0.167. The molecule has 0 saturated heterocycles. The lowest BCUT2D eigenvalue weighted by Crippen LogP contribution is -2.33. The first-order chi connectivity index (χ1) is 8.08. The van der Waals surface area contributed by atoms with Crippen LogP contribution in [-0.4, -0.2) is 25.0 Å². The van der Waals surface area contributed by atoms with Crippen LogP contribution in [0.5, 0.6) is 0 Å². The van der Waals surface area contributed by atoms with Gasteiger partial charge in [-0.05, 0) is 73.8 Å². The van der Waals surface area contributed by atoms with E-state index in [4.69, 9.17) is 5.73 Å². The lowest BCUT2D eigenvalue weighted by Gasteiger charge is -2.36. The molecule has 1 unspecified atom stereocenters. The van der Waals surface area contributed by atoms with Crippen LogP contribution in [0.25, 0.3) is 0 Å². The van der Waals surface area contributed by atoms with E-state index in [2.05, 4.69) is 47.1 Å². The van der Waals surface area contributed by atoms with Crippen molar-refractivity contribution in [2.24, 2.45) is 11.7 Å². The average molecular weight is 317 g/mol. The zero-order valence-electron chi connectivity index (χ0n) is 10.5. The fourth-order valence-electron chi connectivity index (χ4n) is 2.86. The zero-order chi connectivity index (χ0) is 12.4. The predicted octanol–water partition coefficient (Wildman–Crippen LogP) is 3.63. The third kappa shape index (κ3) is 3.31. The van der Waals surface area contributed by atoms with Gasteiger partial charge in [0.1, 0.15) is 0 Å². The average Bonchev–Trinajstić information content (AvgIpc) is 2.68. The maximum absolute atomic E-state index is 6.00. The van der Waals surface area contributed by atoms with E-state index < -0.39 is 0 Å². The molecule has 1 atom stereocenters. The second-order valence-corrected chi connectivity index (χ2v) is 7.72. The van der Waals surface area contributed by atoms with Crippen LogP contribution in [0, 0.1) is 5.92 Å². The van der Waals surface area contributed by atoms with Crippen LogP contribution in [0.15, 0.2) is 15.9 Å². The van der Waals surface area contributed by atoms with E-state index in [0.29, 0.717) is 12.1 Å². The first-order valence-electron chi connectivity index (χ1n) is 6.25. The molecule has 0 spiro atoms. The molecule has 0 radical (unpaired) electrons. The highest BCUT2D eigenvalue weighted by molar-refractivity contribution is 9.11. The molecule has 96 valence electrons. The molecule has 0 bridgehead atoms. The Morgan fingerprint density at radius 3 is 2.41 bits per heavy atom. The summed E-state index contributed by atoms with van der Waals surface area (Å²) in [7, 11) is 4.37. The Kier molecular flexibility index (Phi) is 4.64. The zero-order valence-corrected chi connectivity index (χ0v) is 12.9. The van der Waals surface area contributed by atoms with Crippen molar-refractivity contribution in [1.82, 2.24) is 4.90 Å². The van der Waals surface area contributed by atoms with Gasteiger partial charge in [0.2, 0.25) is 0 Å². The van der Waals surface area contributed by atoms with Crippen molar-refractivity contribution in [2.45, 2.75) is 37.8 Å². The molecule has 0 aromatic carbocycles. The van der Waals surface area contributed by atoms with Gasteiger partial charge in [0, 0.05) is 17.0 Å². The van der Waals surface area contributed by atoms with Gasteiger partial charge in [-0.3, -0.25) is 0 Å². The quantitative estimate of drug-likeness (QED) is 0.922. The van der Waals surface area contributed by atoms with Crippen molar-refractivity contribution < 1.29 is 0 Å². The van der Waals surface area contributed by atoms with E-state index >= 15 is 0 Å². The number of hydrogen-bond acceptors (Lipinski definition) is 3. The van der Waals surface area contributed by atoms with Crippen LogP contribution in [0.3, 0.4) is 0 Å². The molecule has 1 fully saturated rings. The Balaban J connectivity index is 2.12. The largest absolute Gasteiger partial charge is 0.328 e. The molecule has 0 aliphatic heterocycles. The summed E-state index contributed by atoms with van der Waals surface area (Å²) in [5.74, 6) is 0.760. The number of rotatable bonds is 3. The Morgan fingerprint density at radius 1 is 1.29 bits per heavy atom. The van der Waals surface area contributed by atoms with Gasteiger partial charge < -0.3 is 10.6 Å². The van der Waals surface area contributed by atoms with Crippen molar-refractivity contribution in [3.05, 3.63) is 20.8 Å². The topological polar surface area (TPSA) is 29.3 Å². The summed E-state index contributed by atoms with van der Waals surface area (Å²) >= 11 is 5.43. The molecule has 1 heterocycles. The van der Waals surface area contributed by atoms with Crippen molar-refractivity contribution in [3.63, 3.8) is 0 Å². The molecule has 2 rings (SSSR count). The monoisotopic (exact) mass is 316 g/mol. The molecule has 17 heavy (non-hydrogen) atoms. The highest BCUT2D eigenvalue weighted by Crippen LogP contribution is 2.40. The van der Waals surface area contributed by atoms with Crippen molar-refractivity contribution >= 4 is 27.3 Å². The molecule has 1 aliphatic carbocycles. The van der Waals surface area contributed by atoms with Crippen molar-refractivity contribution in [2.75, 3.05) is 14.1 Å². The fraction of sp³-hybridized carbons (Fsp3) is 0.692. The minimum atomic E-state index is 0.434. The Hall–Kier alpha value is 0.1000. The molecule has 1 aliphatic rings. The van der Waals surface area contributed by atoms with E-state index in [1.807, 2.05) is 11.3 Å². The number of halogens is 1. The molecule has 1 aromatic rings. The van der Waals surface area contributed by atoms with E-state index in [1.54, 1.807) is 0 Å². The van der Waals surface area contributed by atoms with Gasteiger partial charge in [-0.25, -0.2) is 0 Å². The number of nitrogens with two attached hydrogens (primary N) is 1. The third-order valence-electron chi connectivity index (χ3n) is 3.70. The Labute approximate surface area is 116 Å². The van der Waals surface area contributed by atoms with E-state index in [9.17, 15) is 0 Å². The summed E-state index contributed by atoms with van der Waals surface area (Å²) in [5, 5.41) is 0. The van der Waals surface area contributed by atoms with Gasteiger partial charge in [-0.1, -0.05) is 0 Å². The second-order valence-electron chi connectivity index (χ2n) is 5.23. The molecule has 2 nitrogen and oxygen atoms in total. The molecular formula is C13H21BrN2S. The molecule has 0 amide bonds. The summed E-state index contributed by atoms with van der Waals surface area (Å²) in [5.41, 5.74) is 6.00. The number of hydrogen-bond donors (Lipinski definition) is 1. The van der Waals surface area contributed by atoms with Crippen LogP contribution >= 0.6 is 27.3 Å². The molecule has 2 N–H and O–H groups in total. The van der Waals surface area contributed by atoms with Crippen LogP contribution in [0.4, 0.5) is 0 Å². The van der Waals surface area contributed by atoms with Crippen LogP contribution in [0.2, 0.25) is 0 Å². The Bertz CT molecular complexity index is 356. The standard InChI is InChI=1S/C13H21BrN2S/c1-16(2)13(11-7-8-12(14)17-11)9-3-5-10(15)6-4-9/h7-10,13H,3-6,15H2,1-2H3. The van der Waals surface area contributed by atoms with Crippen LogP contribution < -0.4 is 5.73 Å². The van der Waals surface area contributed by atoms with Gasteiger partial charge in [-0.2, -0.15) is 0 Å². The maximum Gasteiger partial charge on any atom is 0.0701 e. The first kappa shape index (κ1) is 13.5.